The first kappa shape index (κ1) is 17.0. The number of quaternary nitrogens is 1. The highest BCUT2D eigenvalue weighted by molar-refractivity contribution is 5.42. The molecule has 0 saturated carbocycles. The van der Waals surface area contributed by atoms with E-state index in [-0.39, 0.29) is 0 Å². The number of unbranched alkanes of at least 4 members (excludes halogenated alkanes) is 2. The zero-order valence-electron chi connectivity index (χ0n) is 15.1. The molecule has 1 unspecified atom stereocenters. The minimum absolute atomic E-state index is 1.17. The van der Waals surface area contributed by atoms with Crippen LogP contribution in [0.1, 0.15) is 58.3 Å². The predicted octanol–water partition coefficient (Wildman–Crippen LogP) is 4.65. The maximum atomic E-state index is 2.68. The Hall–Kier alpha value is -0.860. The van der Waals surface area contributed by atoms with Crippen LogP contribution in [0.15, 0.2) is 35.6 Å². The highest BCUT2D eigenvalue weighted by atomic mass is 15.3. The van der Waals surface area contributed by atoms with E-state index >= 15 is 0 Å². The first-order valence-corrected chi connectivity index (χ1v) is 9.98. The molecule has 0 aromatic rings. The van der Waals surface area contributed by atoms with E-state index in [4.69, 9.17) is 0 Å². The topological polar surface area (TPSA) is 3.24 Å². The summed E-state index contributed by atoms with van der Waals surface area (Å²) in [6.07, 6.45) is 20.7. The zero-order chi connectivity index (χ0) is 16.0. The smallest absolute Gasteiger partial charge is 0.104 e. The number of fused-ring (bicyclic) bond motifs is 1. The summed E-state index contributed by atoms with van der Waals surface area (Å²) < 4.78 is 1.17. The fourth-order valence-electron chi connectivity index (χ4n) is 4.34. The summed E-state index contributed by atoms with van der Waals surface area (Å²) in [4.78, 5) is 2.68. The van der Waals surface area contributed by atoms with E-state index in [0.29, 0.717) is 0 Å². The standard InChI is InChI=1S/C21H35N2/c1-2-23(18-13-20-11-5-6-12-21(20)19-23)17-10-4-9-16-22-14-7-3-8-15-22/h6,12-13,19H,2-5,7-11,14-18H2,1H3/q+1. The molecule has 0 aromatic heterocycles. The molecule has 1 aliphatic carbocycles. The Bertz CT molecular complexity index is 468. The molecule has 3 aliphatic rings. The van der Waals surface area contributed by atoms with Crippen LogP contribution < -0.4 is 0 Å². The highest BCUT2D eigenvalue weighted by Gasteiger charge is 2.27. The third-order valence-corrected chi connectivity index (χ3v) is 6.02. The lowest BCUT2D eigenvalue weighted by Gasteiger charge is -2.37. The van der Waals surface area contributed by atoms with Crippen molar-refractivity contribution in [1.29, 1.82) is 0 Å². The van der Waals surface area contributed by atoms with Gasteiger partial charge in [0.1, 0.15) is 12.7 Å². The van der Waals surface area contributed by atoms with Crippen molar-refractivity contribution in [3.05, 3.63) is 35.6 Å². The van der Waals surface area contributed by atoms with E-state index in [1.807, 2.05) is 0 Å². The largest absolute Gasteiger partial charge is 0.303 e. The van der Waals surface area contributed by atoms with Gasteiger partial charge in [-0.3, -0.25) is 4.48 Å². The van der Waals surface area contributed by atoms with Gasteiger partial charge in [-0.2, -0.15) is 0 Å². The van der Waals surface area contributed by atoms with Crippen LogP contribution in [0.4, 0.5) is 0 Å². The monoisotopic (exact) mass is 315 g/mol. The zero-order valence-corrected chi connectivity index (χ0v) is 15.1. The van der Waals surface area contributed by atoms with Crippen LogP contribution in [-0.4, -0.2) is 48.7 Å². The molecule has 1 saturated heterocycles. The van der Waals surface area contributed by atoms with Crippen molar-refractivity contribution in [2.45, 2.75) is 58.3 Å². The molecule has 0 aromatic carbocycles. The van der Waals surface area contributed by atoms with Crippen molar-refractivity contribution >= 4 is 0 Å². The van der Waals surface area contributed by atoms with Crippen molar-refractivity contribution in [3.63, 3.8) is 0 Å². The Morgan fingerprint density at radius 3 is 2.78 bits per heavy atom. The second-order valence-electron chi connectivity index (χ2n) is 7.66. The van der Waals surface area contributed by atoms with E-state index in [0.717, 1.165) is 0 Å². The summed E-state index contributed by atoms with van der Waals surface area (Å²) >= 11 is 0. The fraction of sp³-hybridized carbons (Fsp3) is 0.714. The van der Waals surface area contributed by atoms with Gasteiger partial charge in [-0.1, -0.05) is 18.6 Å². The van der Waals surface area contributed by atoms with Gasteiger partial charge in [0, 0.05) is 5.57 Å². The third kappa shape index (κ3) is 4.58. The highest BCUT2D eigenvalue weighted by Crippen LogP contribution is 2.30. The summed E-state index contributed by atoms with van der Waals surface area (Å²) in [5.41, 5.74) is 3.11. The van der Waals surface area contributed by atoms with Crippen LogP contribution in [0.3, 0.4) is 0 Å². The normalized spacial score (nSPS) is 28.2. The van der Waals surface area contributed by atoms with Gasteiger partial charge in [0.05, 0.1) is 13.1 Å². The van der Waals surface area contributed by atoms with E-state index in [1.54, 1.807) is 5.57 Å². The minimum Gasteiger partial charge on any atom is -0.303 e. The van der Waals surface area contributed by atoms with Crippen LogP contribution >= 0.6 is 0 Å². The molecule has 2 aliphatic heterocycles. The van der Waals surface area contributed by atoms with Gasteiger partial charge >= 0.3 is 0 Å². The van der Waals surface area contributed by atoms with E-state index in [1.165, 1.54) is 101 Å². The molecule has 0 radical (unpaired) electrons. The van der Waals surface area contributed by atoms with Gasteiger partial charge in [0.2, 0.25) is 0 Å². The fourth-order valence-corrected chi connectivity index (χ4v) is 4.34. The molecular weight excluding hydrogens is 280 g/mol. The quantitative estimate of drug-likeness (QED) is 0.488. The lowest BCUT2D eigenvalue weighted by atomic mass is 9.93. The van der Waals surface area contributed by atoms with Crippen LogP contribution in [0.25, 0.3) is 0 Å². The Morgan fingerprint density at radius 1 is 1.09 bits per heavy atom. The number of hydrogen-bond donors (Lipinski definition) is 0. The SMILES string of the molecule is CC[N+]1(CCCCCN2CCCCC2)C=C2C=CCCC2=CC1. The molecule has 2 heterocycles. The van der Waals surface area contributed by atoms with E-state index in [9.17, 15) is 0 Å². The summed E-state index contributed by atoms with van der Waals surface area (Å²) in [5.74, 6) is 0. The van der Waals surface area contributed by atoms with Crippen LogP contribution in [0.2, 0.25) is 0 Å². The van der Waals surface area contributed by atoms with Crippen molar-refractivity contribution < 1.29 is 4.48 Å². The first-order chi connectivity index (χ1) is 11.3. The van der Waals surface area contributed by atoms with Crippen molar-refractivity contribution in [3.8, 4) is 0 Å². The van der Waals surface area contributed by atoms with Crippen LogP contribution in [-0.2, 0) is 0 Å². The molecule has 0 amide bonds. The first-order valence-electron chi connectivity index (χ1n) is 9.98. The average molecular weight is 316 g/mol. The third-order valence-electron chi connectivity index (χ3n) is 6.02. The van der Waals surface area contributed by atoms with E-state index in [2.05, 4.69) is 36.3 Å². The molecule has 0 N–H and O–H groups in total. The number of hydrogen-bond acceptors (Lipinski definition) is 1. The van der Waals surface area contributed by atoms with Crippen LogP contribution in [0, 0.1) is 0 Å². The number of piperidine rings is 1. The van der Waals surface area contributed by atoms with Gasteiger partial charge in [-0.25, -0.2) is 0 Å². The Kier molecular flexibility index (Phi) is 6.13. The van der Waals surface area contributed by atoms with Gasteiger partial charge in [-0.15, -0.1) is 0 Å². The second-order valence-corrected chi connectivity index (χ2v) is 7.66. The number of nitrogens with zero attached hydrogens (tertiary/aromatic N) is 2. The second kappa shape index (κ2) is 8.30. The Labute approximate surface area is 143 Å². The molecule has 1 atom stereocenters. The molecule has 2 nitrogen and oxygen atoms in total. The maximum absolute atomic E-state index is 2.68. The summed E-state index contributed by atoms with van der Waals surface area (Å²) in [6.45, 7) is 10.2. The number of likely N-dealkylation sites (tertiary alicyclic amines) is 1. The Morgan fingerprint density at radius 2 is 1.96 bits per heavy atom. The summed E-state index contributed by atoms with van der Waals surface area (Å²) in [6, 6.07) is 0. The van der Waals surface area contributed by atoms with E-state index < -0.39 is 0 Å². The number of rotatable bonds is 7. The van der Waals surface area contributed by atoms with Gasteiger partial charge in [-0.05, 0) is 83.2 Å². The lowest BCUT2D eigenvalue weighted by Crippen LogP contribution is -2.45. The molecule has 2 heteroatoms. The van der Waals surface area contributed by atoms with Gasteiger partial charge < -0.3 is 4.90 Å². The van der Waals surface area contributed by atoms with Crippen molar-refractivity contribution in [2.75, 3.05) is 39.3 Å². The Balaban J connectivity index is 1.43. The molecule has 128 valence electrons. The molecule has 23 heavy (non-hydrogen) atoms. The van der Waals surface area contributed by atoms with Gasteiger partial charge in [0.25, 0.3) is 0 Å². The molecule has 1 fully saturated rings. The van der Waals surface area contributed by atoms with Crippen molar-refractivity contribution in [1.82, 2.24) is 4.90 Å². The average Bonchev–Trinajstić information content (AvgIpc) is 2.62. The molecule has 0 bridgehead atoms. The summed E-state index contributed by atoms with van der Waals surface area (Å²) in [7, 11) is 0. The van der Waals surface area contributed by atoms with Crippen LogP contribution in [0.5, 0.6) is 0 Å². The predicted molar refractivity (Wildman–Crippen MR) is 99.2 cm³/mol. The summed E-state index contributed by atoms with van der Waals surface area (Å²) in [5, 5.41) is 0. The molecule has 3 rings (SSSR count). The number of likely N-dealkylation sites (N-methyl/N-ethyl adjacent to an activating group) is 1. The maximum Gasteiger partial charge on any atom is 0.104 e. The van der Waals surface area contributed by atoms with Gasteiger partial charge in [0.15, 0.2) is 0 Å². The molecular formula is C21H35N2+. The lowest BCUT2D eigenvalue weighted by molar-refractivity contribution is -0.873. The van der Waals surface area contributed by atoms with Crippen molar-refractivity contribution in [2.24, 2.45) is 0 Å². The number of allylic oxidation sites excluding steroid dienone is 4. The minimum atomic E-state index is 1.17. The molecule has 0 spiro atoms.